The highest BCUT2D eigenvalue weighted by atomic mass is 16.6. The molecule has 0 aliphatic rings. The lowest BCUT2D eigenvalue weighted by atomic mass is 9.76. The molecule has 0 aromatic heterocycles. The lowest BCUT2D eigenvalue weighted by Gasteiger charge is -2.04. The van der Waals surface area contributed by atoms with E-state index >= 15 is 0 Å². The van der Waals surface area contributed by atoms with Gasteiger partial charge in [-0.15, -0.1) is 0 Å². The Morgan fingerprint density at radius 2 is 2.08 bits per heavy atom. The highest BCUT2D eigenvalue weighted by molar-refractivity contribution is 6.60. The van der Waals surface area contributed by atoms with Crippen molar-refractivity contribution in [3.8, 4) is 0 Å². The molecule has 0 unspecified atom stereocenters. The van der Waals surface area contributed by atoms with Crippen LogP contribution in [0.5, 0.6) is 0 Å². The minimum Gasteiger partial charge on any atom is -0.423 e. The SMILES string of the molecule is Cc1cccc([N+](=O)[O-])c1B(O)O. The Kier molecular flexibility index (Phi) is 2.65. The number of nitrogens with zero attached hydrogens (tertiary/aromatic N) is 1. The lowest BCUT2D eigenvalue weighted by molar-refractivity contribution is -0.383. The van der Waals surface area contributed by atoms with Crippen LogP contribution >= 0.6 is 0 Å². The smallest absolute Gasteiger partial charge is 0.423 e. The molecule has 0 saturated carbocycles. The van der Waals surface area contributed by atoms with Crippen LogP contribution in [0.25, 0.3) is 0 Å². The monoisotopic (exact) mass is 181 g/mol. The van der Waals surface area contributed by atoms with Gasteiger partial charge in [0.25, 0.3) is 5.69 Å². The summed E-state index contributed by atoms with van der Waals surface area (Å²) in [6.45, 7) is 1.59. The average molecular weight is 181 g/mol. The van der Waals surface area contributed by atoms with E-state index in [1.165, 1.54) is 12.1 Å². The molecular weight excluding hydrogens is 173 g/mol. The number of nitro groups is 1. The third-order valence-corrected chi connectivity index (χ3v) is 1.76. The van der Waals surface area contributed by atoms with Crippen LogP contribution in [0, 0.1) is 17.0 Å². The van der Waals surface area contributed by atoms with Gasteiger partial charge in [0, 0.05) is 6.07 Å². The first-order valence-electron chi connectivity index (χ1n) is 3.64. The number of benzene rings is 1. The van der Waals surface area contributed by atoms with Gasteiger partial charge in [0.2, 0.25) is 0 Å². The maximum atomic E-state index is 10.5. The van der Waals surface area contributed by atoms with Gasteiger partial charge in [0.15, 0.2) is 0 Å². The van der Waals surface area contributed by atoms with E-state index in [0.717, 1.165) is 0 Å². The average Bonchev–Trinajstić information content (AvgIpc) is 2.02. The molecule has 68 valence electrons. The minimum atomic E-state index is -1.80. The van der Waals surface area contributed by atoms with Gasteiger partial charge in [-0.2, -0.15) is 0 Å². The first-order valence-corrected chi connectivity index (χ1v) is 3.64. The Bertz CT molecular complexity index is 339. The maximum absolute atomic E-state index is 10.5. The Morgan fingerprint density at radius 3 is 2.46 bits per heavy atom. The van der Waals surface area contributed by atoms with Crippen LogP contribution in [0.3, 0.4) is 0 Å². The van der Waals surface area contributed by atoms with E-state index < -0.39 is 12.0 Å². The molecule has 2 N–H and O–H groups in total. The van der Waals surface area contributed by atoms with Gasteiger partial charge in [-0.05, 0) is 12.5 Å². The molecule has 5 nitrogen and oxygen atoms in total. The third kappa shape index (κ3) is 1.85. The van der Waals surface area contributed by atoms with Gasteiger partial charge in [0.1, 0.15) is 0 Å². The topological polar surface area (TPSA) is 83.6 Å². The summed E-state index contributed by atoms with van der Waals surface area (Å²) in [4.78, 5) is 9.82. The van der Waals surface area contributed by atoms with Crippen LogP contribution in [0.1, 0.15) is 5.56 Å². The van der Waals surface area contributed by atoms with Crippen molar-refractivity contribution in [2.75, 3.05) is 0 Å². The van der Waals surface area contributed by atoms with E-state index in [-0.39, 0.29) is 11.2 Å². The molecule has 0 atom stereocenters. The van der Waals surface area contributed by atoms with Crippen molar-refractivity contribution in [1.29, 1.82) is 0 Å². The number of aryl methyl sites for hydroxylation is 1. The number of nitro benzene ring substituents is 1. The van der Waals surface area contributed by atoms with Crippen molar-refractivity contribution in [3.63, 3.8) is 0 Å². The zero-order valence-electron chi connectivity index (χ0n) is 6.97. The Balaban J connectivity index is 3.34. The number of hydrogen-bond acceptors (Lipinski definition) is 4. The fourth-order valence-corrected chi connectivity index (χ4v) is 1.16. The molecular formula is C7H8BNO4. The predicted molar refractivity (Wildman–Crippen MR) is 47.7 cm³/mol. The van der Waals surface area contributed by atoms with Crippen LogP contribution in [-0.2, 0) is 0 Å². The second kappa shape index (κ2) is 3.55. The zero-order valence-corrected chi connectivity index (χ0v) is 6.97. The van der Waals surface area contributed by atoms with Gasteiger partial charge in [-0.25, -0.2) is 0 Å². The van der Waals surface area contributed by atoms with Gasteiger partial charge in [-0.1, -0.05) is 12.1 Å². The molecule has 1 rings (SSSR count). The van der Waals surface area contributed by atoms with E-state index in [2.05, 4.69) is 0 Å². The molecule has 1 aromatic carbocycles. The van der Waals surface area contributed by atoms with Crippen LogP contribution in [0.15, 0.2) is 18.2 Å². The molecule has 0 amide bonds. The largest absolute Gasteiger partial charge is 0.495 e. The van der Waals surface area contributed by atoms with Crippen molar-refractivity contribution in [2.24, 2.45) is 0 Å². The van der Waals surface area contributed by atoms with E-state index in [1.807, 2.05) is 0 Å². The third-order valence-electron chi connectivity index (χ3n) is 1.76. The maximum Gasteiger partial charge on any atom is 0.495 e. The number of hydrogen-bond donors (Lipinski definition) is 2. The molecule has 0 heterocycles. The molecule has 0 spiro atoms. The summed E-state index contributed by atoms with van der Waals surface area (Å²) in [6, 6.07) is 4.32. The molecule has 0 radical (unpaired) electrons. The minimum absolute atomic E-state index is 0.0486. The van der Waals surface area contributed by atoms with E-state index in [0.29, 0.717) is 5.56 Å². The van der Waals surface area contributed by atoms with Crippen molar-refractivity contribution in [2.45, 2.75) is 6.92 Å². The Morgan fingerprint density at radius 1 is 1.46 bits per heavy atom. The first kappa shape index (κ1) is 9.69. The van der Waals surface area contributed by atoms with Crippen LogP contribution in [0.4, 0.5) is 5.69 Å². The summed E-state index contributed by atoms with van der Waals surface area (Å²) in [6.07, 6.45) is 0. The normalized spacial score (nSPS) is 9.77. The number of rotatable bonds is 2. The van der Waals surface area contributed by atoms with Crippen LogP contribution in [0.2, 0.25) is 0 Å². The fraction of sp³-hybridized carbons (Fsp3) is 0.143. The molecule has 0 saturated heterocycles. The van der Waals surface area contributed by atoms with E-state index in [9.17, 15) is 10.1 Å². The molecule has 13 heavy (non-hydrogen) atoms. The zero-order chi connectivity index (χ0) is 10.0. The van der Waals surface area contributed by atoms with E-state index in [4.69, 9.17) is 10.0 Å². The van der Waals surface area contributed by atoms with Gasteiger partial charge >= 0.3 is 7.12 Å². The van der Waals surface area contributed by atoms with Crippen molar-refractivity contribution in [3.05, 3.63) is 33.9 Å². The van der Waals surface area contributed by atoms with E-state index in [1.54, 1.807) is 13.0 Å². The Labute approximate surface area is 74.9 Å². The summed E-state index contributed by atoms with van der Waals surface area (Å²) in [5.74, 6) is 0. The quantitative estimate of drug-likeness (QED) is 0.368. The molecule has 6 heteroatoms. The molecule has 0 bridgehead atoms. The highest BCUT2D eigenvalue weighted by Crippen LogP contribution is 2.10. The summed E-state index contributed by atoms with van der Waals surface area (Å²) >= 11 is 0. The van der Waals surface area contributed by atoms with Crippen molar-refractivity contribution in [1.82, 2.24) is 0 Å². The summed E-state index contributed by atoms with van der Waals surface area (Å²) < 4.78 is 0. The molecule has 1 aromatic rings. The standard InChI is InChI=1S/C7H8BNO4/c1-5-3-2-4-6(9(12)13)7(5)8(10)11/h2-4,10-11H,1H3. The summed E-state index contributed by atoms with van der Waals surface area (Å²) in [7, 11) is -1.80. The van der Waals surface area contributed by atoms with Crippen molar-refractivity contribution >= 4 is 18.3 Å². The second-order valence-electron chi connectivity index (χ2n) is 2.64. The summed E-state index contributed by atoms with van der Waals surface area (Å²) in [5, 5.41) is 28.2. The molecule has 0 aliphatic heterocycles. The lowest BCUT2D eigenvalue weighted by Crippen LogP contribution is -2.34. The van der Waals surface area contributed by atoms with Gasteiger partial charge in [-0.3, -0.25) is 10.1 Å². The van der Waals surface area contributed by atoms with Gasteiger partial charge in [0.05, 0.1) is 10.4 Å². The van der Waals surface area contributed by atoms with Gasteiger partial charge < -0.3 is 10.0 Å². The second-order valence-corrected chi connectivity index (χ2v) is 2.64. The van der Waals surface area contributed by atoms with Crippen molar-refractivity contribution < 1.29 is 15.0 Å². The molecule has 0 aliphatic carbocycles. The molecule has 0 fully saturated rings. The Hall–Kier alpha value is -1.40. The fourth-order valence-electron chi connectivity index (χ4n) is 1.16. The highest BCUT2D eigenvalue weighted by Gasteiger charge is 2.25. The first-order chi connectivity index (χ1) is 6.04. The summed E-state index contributed by atoms with van der Waals surface area (Å²) in [5.41, 5.74) is 0.173. The van der Waals surface area contributed by atoms with Crippen LogP contribution in [-0.4, -0.2) is 22.1 Å². The van der Waals surface area contributed by atoms with Crippen LogP contribution < -0.4 is 5.46 Å². The predicted octanol–water partition coefficient (Wildman–Crippen LogP) is -0.417.